The van der Waals surface area contributed by atoms with Gasteiger partial charge in [-0.1, -0.05) is 127 Å². The first kappa shape index (κ1) is 31.6. The summed E-state index contributed by atoms with van der Waals surface area (Å²) in [5.41, 5.74) is 6.25. The average Bonchev–Trinajstić information content (AvgIpc) is 3.05. The van der Waals surface area contributed by atoms with Crippen LogP contribution in [0.3, 0.4) is 0 Å². The first-order chi connectivity index (χ1) is 21.8. The predicted molar refractivity (Wildman–Crippen MR) is 201 cm³/mol. The zero-order valence-electron chi connectivity index (χ0n) is 27.0. The van der Waals surface area contributed by atoms with E-state index in [1.54, 1.807) is 22.3 Å². The molecule has 0 fully saturated rings. The van der Waals surface area contributed by atoms with Gasteiger partial charge >= 0.3 is 0 Å². The lowest BCUT2D eigenvalue weighted by Crippen LogP contribution is -2.16. The van der Waals surface area contributed by atoms with Crippen LogP contribution in [-0.2, 0) is 0 Å². The van der Waals surface area contributed by atoms with Gasteiger partial charge in [-0.2, -0.15) is 0 Å². The first-order valence-electron chi connectivity index (χ1n) is 17.5. The van der Waals surface area contributed by atoms with Gasteiger partial charge in [-0.15, -0.1) is 23.5 Å². The van der Waals surface area contributed by atoms with E-state index in [1.165, 1.54) is 121 Å². The molecule has 0 unspecified atom stereocenters. The van der Waals surface area contributed by atoms with Crippen LogP contribution in [-0.4, -0.2) is 11.5 Å². The summed E-state index contributed by atoms with van der Waals surface area (Å²) in [6, 6.07) is 33.0. The minimum absolute atomic E-state index is 0.391. The fraction of sp³-hybridized carbons (Fsp3) is 0.429. The van der Waals surface area contributed by atoms with Crippen molar-refractivity contribution < 1.29 is 0 Å². The van der Waals surface area contributed by atoms with Gasteiger partial charge in [0.25, 0.3) is 0 Å². The summed E-state index contributed by atoms with van der Waals surface area (Å²) in [6.45, 7) is 4.62. The monoisotopic (exact) mass is 618 g/mol. The quantitative estimate of drug-likeness (QED) is 0.0797. The molecule has 0 bridgehead atoms. The van der Waals surface area contributed by atoms with E-state index in [4.69, 9.17) is 0 Å². The lowest BCUT2D eigenvalue weighted by atomic mass is 9.82. The lowest BCUT2D eigenvalue weighted by Gasteiger charge is -2.35. The average molecular weight is 619 g/mol. The molecule has 44 heavy (non-hydrogen) atoms. The molecule has 2 heteroatoms. The molecule has 0 radical (unpaired) electrons. The molecule has 0 spiro atoms. The van der Waals surface area contributed by atoms with E-state index in [0.29, 0.717) is 10.5 Å². The maximum Gasteiger partial charge on any atom is 0.0553 e. The zero-order valence-corrected chi connectivity index (χ0v) is 28.6. The van der Waals surface area contributed by atoms with Crippen molar-refractivity contribution in [2.75, 3.05) is 11.5 Å². The van der Waals surface area contributed by atoms with Crippen molar-refractivity contribution in [2.24, 2.45) is 0 Å². The van der Waals surface area contributed by atoms with Crippen molar-refractivity contribution in [2.45, 2.75) is 101 Å². The lowest BCUT2D eigenvalue weighted by molar-refractivity contribution is 0.626. The Morgan fingerprint density at radius 3 is 1.09 bits per heavy atom. The highest BCUT2D eigenvalue weighted by molar-refractivity contribution is 8.00. The Morgan fingerprint density at radius 2 is 0.705 bits per heavy atom. The summed E-state index contributed by atoms with van der Waals surface area (Å²) >= 11 is 4.40. The molecule has 0 heterocycles. The molecule has 1 aliphatic carbocycles. The molecule has 0 nitrogen and oxygen atoms in total. The van der Waals surface area contributed by atoms with Gasteiger partial charge in [-0.3, -0.25) is 0 Å². The maximum absolute atomic E-state index is 2.58. The summed E-state index contributed by atoms with van der Waals surface area (Å²) in [5, 5.41) is 8.99. The summed E-state index contributed by atoms with van der Waals surface area (Å²) in [6.07, 6.45) is 16.3. The highest BCUT2D eigenvalue weighted by Crippen LogP contribution is 2.54. The summed E-state index contributed by atoms with van der Waals surface area (Å²) in [7, 11) is 0. The third-order valence-electron chi connectivity index (χ3n) is 9.55. The fourth-order valence-electron chi connectivity index (χ4n) is 7.07. The second-order valence-corrected chi connectivity index (χ2v) is 15.3. The Balaban J connectivity index is 1.37. The standard InChI is InChI=1S/C42H50S2/c1-3-5-7-9-11-17-23-43-41-37-27-33-21-15-16-22-34(33)28-38(37)42(44-24-18-12-10-8-6-4-2)40-30-36-26-32-20-14-13-19-31(32)25-35(36)29-39(40)41/h13-16,19-22,25-30,41-42H,3-12,17-18,23-24H2,1-2H3/t41-,42-/m1/s1. The van der Waals surface area contributed by atoms with Gasteiger partial charge in [0.2, 0.25) is 0 Å². The van der Waals surface area contributed by atoms with Gasteiger partial charge < -0.3 is 0 Å². The van der Waals surface area contributed by atoms with Gasteiger partial charge in [0.05, 0.1) is 10.5 Å². The van der Waals surface area contributed by atoms with Crippen LogP contribution in [0.4, 0.5) is 0 Å². The Hall–Kier alpha value is -2.42. The summed E-state index contributed by atoms with van der Waals surface area (Å²) < 4.78 is 0. The van der Waals surface area contributed by atoms with E-state index in [9.17, 15) is 0 Å². The number of rotatable bonds is 16. The molecule has 2 atom stereocenters. The predicted octanol–water partition coefficient (Wildman–Crippen LogP) is 13.8. The van der Waals surface area contributed by atoms with Gasteiger partial charge in [-0.25, -0.2) is 0 Å². The second-order valence-electron chi connectivity index (χ2n) is 12.9. The van der Waals surface area contributed by atoms with Crippen LogP contribution >= 0.6 is 23.5 Å². The van der Waals surface area contributed by atoms with Crippen LogP contribution in [0.15, 0.2) is 84.9 Å². The van der Waals surface area contributed by atoms with E-state index in [1.807, 2.05) is 0 Å². The van der Waals surface area contributed by atoms with Gasteiger partial charge in [0.1, 0.15) is 0 Å². The SMILES string of the molecule is CCCCCCCCS[C@@H]1c2cc3ccccc3cc2[C@@H](SCCCCCCCC)c2cc3cc4ccccc4cc3cc21. The van der Waals surface area contributed by atoms with Gasteiger partial charge in [0, 0.05) is 0 Å². The number of benzene rings is 5. The van der Waals surface area contributed by atoms with Gasteiger partial charge in [-0.05, 0) is 115 Å². The number of hydrogen-bond acceptors (Lipinski definition) is 2. The fourth-order valence-corrected chi connectivity index (χ4v) is 9.82. The highest BCUT2D eigenvalue weighted by atomic mass is 32.2. The molecule has 5 aromatic carbocycles. The molecule has 0 aromatic heterocycles. The summed E-state index contributed by atoms with van der Waals surface area (Å²) in [4.78, 5) is 0. The Labute approximate surface area is 274 Å². The van der Waals surface area contributed by atoms with E-state index in [0.717, 1.165) is 0 Å². The van der Waals surface area contributed by atoms with Crippen molar-refractivity contribution in [3.8, 4) is 0 Å². The maximum atomic E-state index is 2.58. The molecule has 1 aliphatic rings. The van der Waals surface area contributed by atoms with Gasteiger partial charge in [0.15, 0.2) is 0 Å². The Kier molecular flexibility index (Phi) is 11.3. The molecule has 0 saturated carbocycles. The second kappa shape index (κ2) is 15.7. The van der Waals surface area contributed by atoms with Crippen LogP contribution in [0.5, 0.6) is 0 Å². The van der Waals surface area contributed by atoms with E-state index in [2.05, 4.69) is 122 Å². The van der Waals surface area contributed by atoms with Crippen molar-refractivity contribution in [1.29, 1.82) is 0 Å². The smallest absolute Gasteiger partial charge is 0.0553 e. The third-order valence-corrected chi connectivity index (χ3v) is 12.3. The van der Waals surface area contributed by atoms with E-state index < -0.39 is 0 Å². The van der Waals surface area contributed by atoms with Crippen LogP contribution in [0.2, 0.25) is 0 Å². The number of unbranched alkanes of at least 4 members (excludes halogenated alkanes) is 10. The number of hydrogen-bond donors (Lipinski definition) is 0. The molecule has 6 rings (SSSR count). The van der Waals surface area contributed by atoms with Crippen LogP contribution in [0.1, 0.15) is 124 Å². The molecule has 0 amide bonds. The largest absolute Gasteiger partial charge is 0.149 e. The Bertz CT molecular complexity index is 1550. The minimum atomic E-state index is 0.391. The summed E-state index contributed by atoms with van der Waals surface area (Å²) in [5.74, 6) is 2.46. The van der Waals surface area contributed by atoms with Crippen LogP contribution in [0.25, 0.3) is 32.3 Å². The molecular weight excluding hydrogens is 569 g/mol. The third kappa shape index (κ3) is 7.34. The molecule has 5 aromatic rings. The van der Waals surface area contributed by atoms with E-state index >= 15 is 0 Å². The van der Waals surface area contributed by atoms with Crippen LogP contribution < -0.4 is 0 Å². The first-order valence-corrected chi connectivity index (χ1v) is 19.6. The molecular formula is C42H50S2. The molecule has 0 aliphatic heterocycles. The number of fused-ring (bicyclic) bond motifs is 5. The van der Waals surface area contributed by atoms with Crippen molar-refractivity contribution in [3.63, 3.8) is 0 Å². The van der Waals surface area contributed by atoms with Crippen molar-refractivity contribution in [1.82, 2.24) is 0 Å². The van der Waals surface area contributed by atoms with Crippen molar-refractivity contribution in [3.05, 3.63) is 107 Å². The van der Waals surface area contributed by atoms with E-state index in [-0.39, 0.29) is 0 Å². The van der Waals surface area contributed by atoms with Crippen molar-refractivity contribution >= 4 is 55.8 Å². The van der Waals surface area contributed by atoms with Crippen LogP contribution in [0, 0.1) is 0 Å². The topological polar surface area (TPSA) is 0 Å². The zero-order chi connectivity index (χ0) is 30.1. The molecule has 0 N–H and O–H groups in total. The number of thioether (sulfide) groups is 2. The molecule has 230 valence electrons. The molecule has 0 saturated heterocycles. The Morgan fingerprint density at radius 1 is 0.386 bits per heavy atom. The minimum Gasteiger partial charge on any atom is -0.149 e. The normalized spacial score (nSPS) is 16.0. The highest BCUT2D eigenvalue weighted by Gasteiger charge is 2.33.